The third-order valence-corrected chi connectivity index (χ3v) is 5.13. The summed E-state index contributed by atoms with van der Waals surface area (Å²) in [6, 6.07) is 17.5. The molecule has 0 aliphatic carbocycles. The molecule has 1 saturated heterocycles. The molecule has 3 aromatic rings. The van der Waals surface area contributed by atoms with Crippen molar-refractivity contribution in [3.63, 3.8) is 0 Å². The lowest BCUT2D eigenvalue weighted by molar-refractivity contribution is -0.152. The predicted octanol–water partition coefficient (Wildman–Crippen LogP) is 2.65. The lowest BCUT2D eigenvalue weighted by Crippen LogP contribution is -2.39. The van der Waals surface area contributed by atoms with Gasteiger partial charge in [-0.15, -0.1) is 0 Å². The zero-order chi connectivity index (χ0) is 22.3. The summed E-state index contributed by atoms with van der Waals surface area (Å²) in [5.41, 5.74) is 3.22. The van der Waals surface area contributed by atoms with Crippen LogP contribution in [0.4, 0.5) is 0 Å². The minimum Gasteiger partial charge on any atom is -0.481 e. The Bertz CT molecular complexity index is 1180. The van der Waals surface area contributed by atoms with Crippen molar-refractivity contribution in [1.82, 2.24) is 4.58 Å². The fourth-order valence-corrected chi connectivity index (χ4v) is 3.51. The van der Waals surface area contributed by atoms with Crippen molar-refractivity contribution >= 4 is 22.9 Å². The summed E-state index contributed by atoms with van der Waals surface area (Å²) in [4.78, 5) is 22.4. The molecule has 166 valence electrons. The summed E-state index contributed by atoms with van der Waals surface area (Å²) in [6.45, 7) is 2.25. The molecule has 8 heteroatoms. The Balaban J connectivity index is 1.71. The number of morpholine rings is 1. The van der Waals surface area contributed by atoms with Crippen molar-refractivity contribution in [1.29, 1.82) is 0 Å². The normalized spacial score (nSPS) is 13.7. The van der Waals surface area contributed by atoms with Gasteiger partial charge in [0, 0.05) is 5.56 Å². The van der Waals surface area contributed by atoms with Crippen LogP contribution in [0.1, 0.15) is 12.8 Å². The number of carboxylic acids is 1. The van der Waals surface area contributed by atoms with Gasteiger partial charge >= 0.3 is 17.5 Å². The molecule has 0 amide bonds. The molecular formula is C24H24NO7+. The van der Waals surface area contributed by atoms with Gasteiger partial charge in [0.1, 0.15) is 19.0 Å². The second-order valence-corrected chi connectivity index (χ2v) is 7.27. The SMILES string of the molecule is O=C(O)CCC(=O)OCOc1cc(=[N+]2CCOCC2)oc2c(-c3ccccc3)cccc12. The molecule has 2 aromatic carbocycles. The Hall–Kier alpha value is -3.65. The van der Waals surface area contributed by atoms with Crippen molar-refractivity contribution in [3.8, 4) is 16.9 Å². The van der Waals surface area contributed by atoms with Crippen LogP contribution in [0.5, 0.6) is 5.75 Å². The van der Waals surface area contributed by atoms with Crippen molar-refractivity contribution in [2.75, 3.05) is 33.1 Å². The first-order chi connectivity index (χ1) is 15.6. The Kier molecular flexibility index (Phi) is 6.81. The topological polar surface area (TPSA) is 98.2 Å². The number of hydrogen-bond acceptors (Lipinski definition) is 6. The first-order valence-corrected chi connectivity index (χ1v) is 10.4. The number of benzene rings is 2. The van der Waals surface area contributed by atoms with Gasteiger partial charge in [0.05, 0.1) is 24.3 Å². The second-order valence-electron chi connectivity index (χ2n) is 7.27. The maximum atomic E-state index is 11.7. The van der Waals surface area contributed by atoms with E-state index in [1.165, 1.54) is 0 Å². The van der Waals surface area contributed by atoms with Gasteiger partial charge in [0.25, 0.3) is 0 Å². The standard InChI is InChI=1S/C24H23NO7/c26-22(27)9-10-23(28)31-16-30-20-15-21(25-11-13-29-14-12-25)32-24-18(7-4-8-19(20)24)17-5-2-1-3-6-17/h1-8,15H,9-14,16H2/p+1. The Morgan fingerprint density at radius 3 is 2.53 bits per heavy atom. The van der Waals surface area contributed by atoms with Crippen LogP contribution in [0.3, 0.4) is 0 Å². The Labute approximate surface area is 184 Å². The summed E-state index contributed by atoms with van der Waals surface area (Å²) < 4.78 is 24.7. The van der Waals surface area contributed by atoms with Crippen LogP contribution in [0, 0.1) is 0 Å². The molecule has 1 aliphatic rings. The number of hydrogen-bond donors (Lipinski definition) is 1. The monoisotopic (exact) mass is 438 g/mol. The van der Waals surface area contributed by atoms with E-state index in [0.29, 0.717) is 43.2 Å². The van der Waals surface area contributed by atoms with Crippen LogP contribution < -0.4 is 14.9 Å². The molecule has 2 heterocycles. The number of ether oxygens (including phenoxy) is 3. The van der Waals surface area contributed by atoms with Gasteiger partial charge < -0.3 is 23.7 Å². The number of fused-ring (bicyclic) bond motifs is 1. The van der Waals surface area contributed by atoms with E-state index in [0.717, 1.165) is 16.5 Å². The van der Waals surface area contributed by atoms with E-state index in [-0.39, 0.29) is 19.6 Å². The van der Waals surface area contributed by atoms with Crippen molar-refractivity contribution in [2.24, 2.45) is 0 Å². The molecule has 0 spiro atoms. The van der Waals surface area contributed by atoms with Gasteiger partial charge in [-0.3, -0.25) is 9.59 Å². The minimum absolute atomic E-state index is 0.208. The number of nitrogens with zero attached hydrogens (tertiary/aromatic N) is 1. The van der Waals surface area contributed by atoms with Gasteiger partial charge in [-0.25, -0.2) is 0 Å². The van der Waals surface area contributed by atoms with Crippen molar-refractivity contribution in [3.05, 3.63) is 60.2 Å². The van der Waals surface area contributed by atoms with Crippen LogP contribution in [-0.4, -0.2) is 50.1 Å². The molecule has 1 N–H and O–H groups in total. The van der Waals surface area contributed by atoms with E-state index in [4.69, 9.17) is 23.7 Å². The predicted molar refractivity (Wildman–Crippen MR) is 116 cm³/mol. The second kappa shape index (κ2) is 10.1. The summed E-state index contributed by atoms with van der Waals surface area (Å²) in [6.07, 6.45) is -0.492. The van der Waals surface area contributed by atoms with Crippen LogP contribution in [0.2, 0.25) is 0 Å². The fourth-order valence-electron chi connectivity index (χ4n) is 3.51. The maximum absolute atomic E-state index is 11.7. The molecule has 32 heavy (non-hydrogen) atoms. The molecule has 1 fully saturated rings. The Morgan fingerprint density at radius 2 is 1.78 bits per heavy atom. The van der Waals surface area contributed by atoms with Gasteiger partial charge in [-0.2, -0.15) is 4.58 Å². The first-order valence-electron chi connectivity index (χ1n) is 10.4. The number of carbonyl (C=O) groups excluding carboxylic acids is 1. The van der Waals surface area contributed by atoms with Crippen LogP contribution >= 0.6 is 0 Å². The zero-order valence-electron chi connectivity index (χ0n) is 17.5. The van der Waals surface area contributed by atoms with Gasteiger partial charge in [-0.1, -0.05) is 42.5 Å². The molecule has 1 aromatic heterocycles. The summed E-state index contributed by atoms with van der Waals surface area (Å²) >= 11 is 0. The molecule has 4 rings (SSSR count). The first kappa shape index (κ1) is 21.6. The lowest BCUT2D eigenvalue weighted by Gasteiger charge is -2.13. The molecule has 0 radical (unpaired) electrons. The quantitative estimate of drug-likeness (QED) is 0.344. The third-order valence-electron chi connectivity index (χ3n) is 5.13. The average Bonchev–Trinajstić information content (AvgIpc) is 2.83. The van der Waals surface area contributed by atoms with E-state index in [1.54, 1.807) is 6.07 Å². The molecule has 8 nitrogen and oxygen atoms in total. The average molecular weight is 438 g/mol. The number of rotatable bonds is 7. The highest BCUT2D eigenvalue weighted by Gasteiger charge is 2.18. The molecule has 0 saturated carbocycles. The number of carbonyl (C=O) groups is 2. The number of para-hydroxylation sites is 1. The highest BCUT2D eigenvalue weighted by atomic mass is 16.7. The fraction of sp³-hybridized carbons (Fsp3) is 0.292. The largest absolute Gasteiger partial charge is 0.481 e. The van der Waals surface area contributed by atoms with Crippen molar-refractivity contribution < 1.29 is 33.3 Å². The lowest BCUT2D eigenvalue weighted by atomic mass is 10.0. The van der Waals surface area contributed by atoms with Crippen LogP contribution in [-0.2, 0) is 19.1 Å². The molecule has 0 atom stereocenters. The Morgan fingerprint density at radius 1 is 1.00 bits per heavy atom. The summed E-state index contributed by atoms with van der Waals surface area (Å²) in [7, 11) is 0. The summed E-state index contributed by atoms with van der Waals surface area (Å²) in [5, 5.41) is 9.44. The van der Waals surface area contributed by atoms with E-state index >= 15 is 0 Å². The van der Waals surface area contributed by atoms with Gasteiger partial charge in [0.15, 0.2) is 18.7 Å². The molecule has 1 aliphatic heterocycles. The number of carboxylic acid groups (broad SMARTS) is 1. The zero-order valence-corrected chi connectivity index (χ0v) is 17.5. The van der Waals surface area contributed by atoms with Crippen LogP contribution in [0.25, 0.3) is 22.1 Å². The van der Waals surface area contributed by atoms with Crippen LogP contribution in [0.15, 0.2) is 59.0 Å². The van der Waals surface area contributed by atoms with E-state index < -0.39 is 11.9 Å². The summed E-state index contributed by atoms with van der Waals surface area (Å²) in [5.74, 6) is -1.17. The smallest absolute Gasteiger partial charge is 0.371 e. The van der Waals surface area contributed by atoms with Gasteiger partial charge in [0.2, 0.25) is 6.79 Å². The third kappa shape index (κ3) is 5.15. The minimum atomic E-state index is -1.05. The highest BCUT2D eigenvalue weighted by Crippen LogP contribution is 2.32. The highest BCUT2D eigenvalue weighted by molar-refractivity contribution is 5.95. The van der Waals surface area contributed by atoms with E-state index in [2.05, 4.69) is 4.58 Å². The van der Waals surface area contributed by atoms with Gasteiger partial charge in [-0.05, 0) is 11.6 Å². The van der Waals surface area contributed by atoms with E-state index in [1.807, 2.05) is 48.5 Å². The molecule has 0 unspecified atom stereocenters. The van der Waals surface area contributed by atoms with Crippen molar-refractivity contribution in [2.45, 2.75) is 12.8 Å². The molecule has 0 bridgehead atoms. The maximum Gasteiger partial charge on any atom is 0.371 e. The van der Waals surface area contributed by atoms with E-state index in [9.17, 15) is 9.59 Å². The molecular weight excluding hydrogens is 414 g/mol. The number of esters is 1. The number of aliphatic carboxylic acids is 1.